The Morgan fingerprint density at radius 2 is 1.64 bits per heavy atom. The maximum atomic E-state index is 13.0. The first kappa shape index (κ1) is 17.9. The van der Waals surface area contributed by atoms with E-state index in [-0.39, 0.29) is 18.4 Å². The van der Waals surface area contributed by atoms with Gasteiger partial charge in [0.05, 0.1) is 13.2 Å². The van der Waals surface area contributed by atoms with Crippen LogP contribution in [-0.4, -0.2) is 43.7 Å². The number of rotatable bonds is 4. The summed E-state index contributed by atoms with van der Waals surface area (Å²) in [5.41, 5.74) is 1.28. The van der Waals surface area contributed by atoms with Crippen molar-refractivity contribution in [1.82, 2.24) is 4.90 Å². The highest BCUT2D eigenvalue weighted by molar-refractivity contribution is 5.94. The maximum Gasteiger partial charge on any atom is 0.326 e. The van der Waals surface area contributed by atoms with Gasteiger partial charge in [0.15, 0.2) is 0 Å². The SMILES string of the molecule is Cl.O=C1Oc2ccccc2C1(CCN1CCOCC1)c1ccccc1. The molecule has 0 aliphatic carbocycles. The minimum atomic E-state index is -0.712. The lowest BCUT2D eigenvalue weighted by Crippen LogP contribution is -2.42. The molecule has 5 heteroatoms. The molecule has 4 rings (SSSR count). The zero-order chi connectivity index (χ0) is 16.4. The van der Waals surface area contributed by atoms with Crippen LogP contribution in [-0.2, 0) is 14.9 Å². The van der Waals surface area contributed by atoms with Crippen molar-refractivity contribution in [3.05, 3.63) is 65.7 Å². The summed E-state index contributed by atoms with van der Waals surface area (Å²) in [4.78, 5) is 15.3. The van der Waals surface area contributed by atoms with Gasteiger partial charge >= 0.3 is 5.97 Å². The van der Waals surface area contributed by atoms with E-state index in [1.165, 1.54) is 0 Å². The summed E-state index contributed by atoms with van der Waals surface area (Å²) >= 11 is 0. The summed E-state index contributed by atoms with van der Waals surface area (Å²) in [6, 6.07) is 17.8. The van der Waals surface area contributed by atoms with Gasteiger partial charge in [-0.1, -0.05) is 48.5 Å². The minimum Gasteiger partial charge on any atom is -0.425 e. The summed E-state index contributed by atoms with van der Waals surface area (Å²) < 4.78 is 11.1. The molecule has 0 amide bonds. The first-order valence-electron chi connectivity index (χ1n) is 8.48. The molecule has 2 aliphatic rings. The van der Waals surface area contributed by atoms with Crippen LogP contribution in [0.3, 0.4) is 0 Å². The molecule has 132 valence electrons. The Balaban J connectivity index is 0.00000182. The van der Waals surface area contributed by atoms with Crippen LogP contribution in [0.4, 0.5) is 0 Å². The van der Waals surface area contributed by atoms with Gasteiger partial charge in [0, 0.05) is 25.2 Å². The first-order chi connectivity index (χ1) is 11.8. The van der Waals surface area contributed by atoms with E-state index in [2.05, 4.69) is 4.90 Å². The zero-order valence-corrected chi connectivity index (χ0v) is 14.8. The predicted octanol–water partition coefficient (Wildman–Crippen LogP) is 3.04. The number of hydrogen-bond donors (Lipinski definition) is 0. The van der Waals surface area contributed by atoms with Crippen LogP contribution in [0.2, 0.25) is 0 Å². The number of para-hydroxylation sites is 1. The van der Waals surface area contributed by atoms with Gasteiger partial charge in [0.2, 0.25) is 0 Å². The van der Waals surface area contributed by atoms with Crippen LogP contribution < -0.4 is 4.74 Å². The molecule has 0 radical (unpaired) electrons. The van der Waals surface area contributed by atoms with Gasteiger partial charge in [-0.3, -0.25) is 9.69 Å². The van der Waals surface area contributed by atoms with Crippen molar-refractivity contribution in [1.29, 1.82) is 0 Å². The number of halogens is 1. The summed E-state index contributed by atoms with van der Waals surface area (Å²) in [6.45, 7) is 4.21. The van der Waals surface area contributed by atoms with Crippen LogP contribution in [0, 0.1) is 0 Å². The monoisotopic (exact) mass is 359 g/mol. The van der Waals surface area contributed by atoms with Crippen molar-refractivity contribution in [3.8, 4) is 5.75 Å². The predicted molar refractivity (Wildman–Crippen MR) is 98.4 cm³/mol. The molecule has 1 atom stereocenters. The lowest BCUT2D eigenvalue weighted by atomic mass is 9.73. The molecule has 2 heterocycles. The van der Waals surface area contributed by atoms with E-state index in [4.69, 9.17) is 9.47 Å². The Morgan fingerprint density at radius 1 is 0.960 bits per heavy atom. The highest BCUT2D eigenvalue weighted by atomic mass is 35.5. The van der Waals surface area contributed by atoms with Crippen molar-refractivity contribution >= 4 is 18.4 Å². The fraction of sp³-hybridized carbons (Fsp3) is 0.350. The van der Waals surface area contributed by atoms with E-state index >= 15 is 0 Å². The lowest BCUT2D eigenvalue weighted by molar-refractivity contribution is -0.137. The molecule has 1 fully saturated rings. The third-order valence-electron chi connectivity index (χ3n) is 5.07. The van der Waals surface area contributed by atoms with Crippen LogP contribution in [0.25, 0.3) is 0 Å². The van der Waals surface area contributed by atoms with Gasteiger partial charge in [-0.05, 0) is 18.1 Å². The van der Waals surface area contributed by atoms with Crippen molar-refractivity contribution < 1.29 is 14.3 Å². The first-order valence-corrected chi connectivity index (χ1v) is 8.48. The second kappa shape index (κ2) is 7.56. The van der Waals surface area contributed by atoms with Crippen LogP contribution in [0.15, 0.2) is 54.6 Å². The van der Waals surface area contributed by atoms with Gasteiger partial charge < -0.3 is 9.47 Å². The molecule has 0 bridgehead atoms. The normalized spacial score (nSPS) is 22.8. The summed E-state index contributed by atoms with van der Waals surface area (Å²) in [5, 5.41) is 0. The van der Waals surface area contributed by atoms with Gasteiger partial charge in [-0.2, -0.15) is 0 Å². The van der Waals surface area contributed by atoms with Gasteiger partial charge in [0.1, 0.15) is 11.2 Å². The van der Waals surface area contributed by atoms with Gasteiger partial charge in [-0.15, -0.1) is 12.4 Å². The molecule has 0 aromatic heterocycles. The van der Waals surface area contributed by atoms with E-state index < -0.39 is 5.41 Å². The lowest BCUT2D eigenvalue weighted by Gasteiger charge is -2.32. The average Bonchev–Trinajstić information content (AvgIpc) is 2.94. The molecule has 25 heavy (non-hydrogen) atoms. The van der Waals surface area contributed by atoms with E-state index in [1.54, 1.807) is 0 Å². The fourth-order valence-electron chi connectivity index (χ4n) is 3.73. The van der Waals surface area contributed by atoms with Gasteiger partial charge in [0.25, 0.3) is 0 Å². The smallest absolute Gasteiger partial charge is 0.326 e. The Labute approximate surface area is 154 Å². The van der Waals surface area contributed by atoms with Crippen molar-refractivity contribution in [2.24, 2.45) is 0 Å². The highest BCUT2D eigenvalue weighted by Gasteiger charge is 2.50. The summed E-state index contributed by atoms with van der Waals surface area (Å²) in [7, 11) is 0. The Hall–Kier alpha value is -1.88. The van der Waals surface area contributed by atoms with E-state index in [9.17, 15) is 4.79 Å². The fourth-order valence-corrected chi connectivity index (χ4v) is 3.73. The van der Waals surface area contributed by atoms with Crippen molar-refractivity contribution in [3.63, 3.8) is 0 Å². The molecule has 2 aromatic rings. The number of ether oxygens (including phenoxy) is 2. The topological polar surface area (TPSA) is 38.8 Å². The maximum absolute atomic E-state index is 13.0. The molecule has 4 nitrogen and oxygen atoms in total. The molecule has 1 unspecified atom stereocenters. The average molecular weight is 360 g/mol. The summed E-state index contributed by atoms with van der Waals surface area (Å²) in [6.07, 6.45) is 0.715. The van der Waals surface area contributed by atoms with Crippen molar-refractivity contribution in [2.45, 2.75) is 11.8 Å². The molecule has 2 aromatic carbocycles. The number of fused-ring (bicyclic) bond motifs is 1. The molecule has 1 saturated heterocycles. The van der Waals surface area contributed by atoms with Crippen LogP contribution in [0.5, 0.6) is 5.75 Å². The second-order valence-electron chi connectivity index (χ2n) is 6.36. The second-order valence-corrected chi connectivity index (χ2v) is 6.36. The van der Waals surface area contributed by atoms with E-state index in [0.717, 1.165) is 44.0 Å². The molecule has 0 N–H and O–H groups in total. The van der Waals surface area contributed by atoms with Crippen molar-refractivity contribution in [2.75, 3.05) is 32.8 Å². The van der Waals surface area contributed by atoms with Gasteiger partial charge in [-0.25, -0.2) is 0 Å². The standard InChI is InChI=1S/C20H21NO3.ClH/c22-19-20(16-6-2-1-3-7-16,10-11-21-12-14-23-15-13-21)17-8-4-5-9-18(17)24-19;/h1-9H,10-15H2;1H. The third-order valence-corrected chi connectivity index (χ3v) is 5.07. The number of morpholine rings is 1. The Morgan fingerprint density at radius 3 is 2.40 bits per heavy atom. The number of hydrogen-bond acceptors (Lipinski definition) is 4. The van der Waals surface area contributed by atoms with Crippen LogP contribution in [0.1, 0.15) is 17.5 Å². The molecule has 0 spiro atoms. The summed E-state index contributed by atoms with van der Waals surface area (Å²) in [5.74, 6) is 0.525. The number of benzene rings is 2. The molecule has 2 aliphatic heterocycles. The van der Waals surface area contributed by atoms with Crippen LogP contribution >= 0.6 is 12.4 Å². The number of esters is 1. The molecular weight excluding hydrogens is 338 g/mol. The van der Waals surface area contributed by atoms with E-state index in [0.29, 0.717) is 12.2 Å². The number of nitrogens with zero attached hydrogens (tertiary/aromatic N) is 1. The Kier molecular flexibility index (Phi) is 5.42. The quantitative estimate of drug-likeness (QED) is 0.621. The highest BCUT2D eigenvalue weighted by Crippen LogP contribution is 2.46. The third kappa shape index (κ3) is 3.17. The minimum absolute atomic E-state index is 0. The largest absolute Gasteiger partial charge is 0.425 e. The number of carbonyl (C=O) groups excluding carboxylic acids is 1. The molecular formula is C20H22ClNO3. The molecule has 0 saturated carbocycles. The van der Waals surface area contributed by atoms with E-state index in [1.807, 2.05) is 54.6 Å². The number of carbonyl (C=O) groups is 1. The zero-order valence-electron chi connectivity index (χ0n) is 14.0. The Bertz CT molecular complexity index is 731.